The van der Waals surface area contributed by atoms with E-state index in [1.165, 1.54) is 0 Å². The number of hydrogen-bond acceptors (Lipinski definition) is 8. The van der Waals surface area contributed by atoms with Crippen LogP contribution < -0.4 is 5.30 Å². The lowest BCUT2D eigenvalue weighted by Gasteiger charge is -2.15. The van der Waals surface area contributed by atoms with E-state index in [2.05, 4.69) is 0 Å². The van der Waals surface area contributed by atoms with Crippen LogP contribution in [0.4, 0.5) is 0 Å². The number of rotatable bonds is 1. The Kier molecular flexibility index (Phi) is 3.27. The van der Waals surface area contributed by atoms with Crippen molar-refractivity contribution in [2.45, 2.75) is 0 Å². The first-order valence-electron chi connectivity index (χ1n) is 5.40. The maximum absolute atomic E-state index is 9.84. The fourth-order valence-electron chi connectivity index (χ4n) is 1.80. The molecule has 0 spiro atoms. The average molecular weight is 314 g/mol. The Hall–Kier alpha value is -2.73. The van der Waals surface area contributed by atoms with E-state index in [0.717, 1.165) is 6.07 Å². The molecule has 1 unspecified atom stereocenters. The minimum Gasteiger partial charge on any atom is -0.504 e. The maximum Gasteiger partial charge on any atom is 0.204 e. The summed E-state index contributed by atoms with van der Waals surface area (Å²) in [5, 5.41) is 76.6. The summed E-state index contributed by atoms with van der Waals surface area (Å²) in [4.78, 5) is 0. The first-order valence-corrected chi connectivity index (χ1v) is 5.98. The maximum atomic E-state index is 9.84. The molecule has 2 rings (SSSR count). The second-order valence-electron chi connectivity index (χ2n) is 4.17. The van der Waals surface area contributed by atoms with Crippen molar-refractivity contribution in [1.29, 1.82) is 0 Å². The second kappa shape index (κ2) is 4.68. The van der Waals surface area contributed by atoms with Crippen molar-refractivity contribution in [3.05, 3.63) is 6.07 Å². The lowest BCUT2D eigenvalue weighted by atomic mass is 10.00. The molecule has 0 heterocycles. The van der Waals surface area contributed by atoms with Crippen molar-refractivity contribution >= 4 is 14.5 Å². The third kappa shape index (κ3) is 1.96. The van der Waals surface area contributed by atoms with Crippen LogP contribution in [0.15, 0.2) is 6.07 Å². The molecule has 1 atom stereocenters. The molecular formula is C12H11O8P. The van der Waals surface area contributed by atoms with Crippen LogP contribution >= 0.6 is 9.24 Å². The first-order chi connectivity index (χ1) is 9.68. The molecule has 0 saturated heterocycles. The van der Waals surface area contributed by atoms with Gasteiger partial charge < -0.3 is 40.9 Å². The minimum absolute atomic E-state index is 0.291. The monoisotopic (exact) mass is 314 g/mol. The van der Waals surface area contributed by atoms with Crippen molar-refractivity contribution in [2.75, 3.05) is 0 Å². The normalized spacial score (nSPS) is 10.7. The molecule has 8 nitrogen and oxygen atoms in total. The highest BCUT2D eigenvalue weighted by Crippen LogP contribution is 2.54. The summed E-state index contributed by atoms with van der Waals surface area (Å²) < 4.78 is 0. The SMILES string of the molecule is Oc1cc(-c2c(O)c(O)c(P)c(O)c2O)c(O)c(O)c1O. The van der Waals surface area contributed by atoms with E-state index in [1.54, 1.807) is 0 Å². The van der Waals surface area contributed by atoms with Crippen molar-refractivity contribution in [3.8, 4) is 57.1 Å². The van der Waals surface area contributed by atoms with Gasteiger partial charge >= 0.3 is 0 Å². The molecule has 8 N–H and O–H groups in total. The van der Waals surface area contributed by atoms with Crippen LogP contribution in [0.2, 0.25) is 0 Å². The number of phenols is 8. The van der Waals surface area contributed by atoms with E-state index >= 15 is 0 Å². The molecule has 0 bridgehead atoms. The molecule has 112 valence electrons. The van der Waals surface area contributed by atoms with Gasteiger partial charge in [-0.05, 0) is 6.07 Å². The summed E-state index contributed by atoms with van der Waals surface area (Å²) in [5.74, 6) is -7.35. The molecule has 9 heteroatoms. The van der Waals surface area contributed by atoms with Gasteiger partial charge in [0.05, 0.1) is 10.9 Å². The third-order valence-electron chi connectivity index (χ3n) is 2.93. The Bertz CT molecular complexity index is 727. The molecule has 0 aliphatic rings. The van der Waals surface area contributed by atoms with Crippen LogP contribution in [0.3, 0.4) is 0 Å². The Labute approximate surface area is 119 Å². The molecule has 0 fully saturated rings. The van der Waals surface area contributed by atoms with Gasteiger partial charge in [-0.3, -0.25) is 0 Å². The summed E-state index contributed by atoms with van der Waals surface area (Å²) in [7, 11) is 1.89. The number of benzene rings is 2. The van der Waals surface area contributed by atoms with Gasteiger partial charge in [-0.15, -0.1) is 0 Å². The Morgan fingerprint density at radius 3 is 1.52 bits per heavy atom. The summed E-state index contributed by atoms with van der Waals surface area (Å²) >= 11 is 0. The fraction of sp³-hybridized carbons (Fsp3) is 0. The summed E-state index contributed by atoms with van der Waals surface area (Å²) in [6.07, 6.45) is 0. The minimum atomic E-state index is -1.10. The zero-order valence-corrected chi connectivity index (χ0v) is 11.4. The van der Waals surface area contributed by atoms with Gasteiger partial charge in [0, 0.05) is 5.56 Å². The molecule has 2 aromatic rings. The average Bonchev–Trinajstić information content (AvgIpc) is 2.46. The highest BCUT2D eigenvalue weighted by molar-refractivity contribution is 7.28. The van der Waals surface area contributed by atoms with E-state index in [4.69, 9.17) is 0 Å². The van der Waals surface area contributed by atoms with Crippen LogP contribution in [0, 0.1) is 0 Å². The topological polar surface area (TPSA) is 162 Å². The van der Waals surface area contributed by atoms with Gasteiger partial charge in [-0.25, -0.2) is 0 Å². The molecule has 0 aliphatic carbocycles. The van der Waals surface area contributed by atoms with Crippen LogP contribution in [0.25, 0.3) is 11.1 Å². The Balaban J connectivity index is 2.93. The largest absolute Gasteiger partial charge is 0.504 e. The summed E-state index contributed by atoms with van der Waals surface area (Å²) in [5.41, 5.74) is -1.16. The molecule has 0 aromatic heterocycles. The summed E-state index contributed by atoms with van der Waals surface area (Å²) in [6, 6.07) is 0.723. The van der Waals surface area contributed by atoms with E-state index < -0.39 is 57.1 Å². The van der Waals surface area contributed by atoms with Gasteiger partial charge in [0.2, 0.25) is 11.5 Å². The Morgan fingerprint density at radius 1 is 0.571 bits per heavy atom. The van der Waals surface area contributed by atoms with Gasteiger partial charge in [0.1, 0.15) is 0 Å². The molecule has 0 aliphatic heterocycles. The number of phenolic OH excluding ortho intramolecular Hbond substituents is 8. The third-order valence-corrected chi connectivity index (χ3v) is 3.48. The van der Waals surface area contributed by atoms with E-state index in [1.807, 2.05) is 9.24 Å². The first kappa shape index (κ1) is 14.7. The zero-order valence-electron chi connectivity index (χ0n) is 10.2. The van der Waals surface area contributed by atoms with Crippen molar-refractivity contribution < 1.29 is 40.9 Å². The van der Waals surface area contributed by atoms with Crippen molar-refractivity contribution in [2.24, 2.45) is 0 Å². The second-order valence-corrected chi connectivity index (χ2v) is 4.75. The van der Waals surface area contributed by atoms with Crippen molar-refractivity contribution in [3.63, 3.8) is 0 Å². The molecule has 2 aromatic carbocycles. The smallest absolute Gasteiger partial charge is 0.204 e. The predicted molar refractivity (Wildman–Crippen MR) is 74.5 cm³/mol. The van der Waals surface area contributed by atoms with Crippen LogP contribution in [0.1, 0.15) is 0 Å². The lowest BCUT2D eigenvalue weighted by molar-refractivity contribution is 0.346. The van der Waals surface area contributed by atoms with Crippen LogP contribution in [0.5, 0.6) is 46.0 Å². The standard InChI is InChI=1S/C12H11O8P/c13-3-1-2(5(14)9(18)6(3)15)4-7(16)10(19)12(21)11(20)8(4)17/h1,13-20H,21H2. The predicted octanol–water partition coefficient (Wildman–Crippen LogP) is 0.499. The molecular weight excluding hydrogens is 303 g/mol. The van der Waals surface area contributed by atoms with E-state index in [9.17, 15) is 40.9 Å². The Morgan fingerprint density at radius 2 is 1.05 bits per heavy atom. The van der Waals surface area contributed by atoms with E-state index in [0.29, 0.717) is 0 Å². The van der Waals surface area contributed by atoms with Gasteiger partial charge in [0.25, 0.3) is 0 Å². The molecule has 0 saturated carbocycles. The zero-order chi connectivity index (χ0) is 16.1. The highest BCUT2D eigenvalue weighted by Gasteiger charge is 2.27. The van der Waals surface area contributed by atoms with Crippen LogP contribution in [-0.4, -0.2) is 40.9 Å². The van der Waals surface area contributed by atoms with Crippen molar-refractivity contribution in [1.82, 2.24) is 0 Å². The highest BCUT2D eigenvalue weighted by atomic mass is 31.0. The molecule has 0 amide bonds. The van der Waals surface area contributed by atoms with E-state index in [-0.39, 0.29) is 5.30 Å². The number of hydrogen-bond donors (Lipinski definition) is 8. The van der Waals surface area contributed by atoms with Gasteiger partial charge in [-0.1, -0.05) is 9.24 Å². The van der Waals surface area contributed by atoms with Gasteiger partial charge in [-0.2, -0.15) is 0 Å². The number of aromatic hydroxyl groups is 8. The quantitative estimate of drug-likeness (QED) is 0.214. The fourth-order valence-corrected chi connectivity index (χ4v) is 2.07. The van der Waals surface area contributed by atoms with Gasteiger partial charge in [0.15, 0.2) is 34.5 Å². The molecule has 0 radical (unpaired) electrons. The molecule has 21 heavy (non-hydrogen) atoms. The van der Waals surface area contributed by atoms with Crippen LogP contribution in [-0.2, 0) is 0 Å². The lowest BCUT2D eigenvalue weighted by Crippen LogP contribution is -1.96. The summed E-state index contributed by atoms with van der Waals surface area (Å²) in [6.45, 7) is 0.